The first kappa shape index (κ1) is 12.6. The second-order valence-corrected chi connectivity index (χ2v) is 6.90. The summed E-state index contributed by atoms with van der Waals surface area (Å²) >= 11 is 12.2. The van der Waals surface area contributed by atoms with Crippen LogP contribution in [0.15, 0.2) is 28.7 Å². The Bertz CT molecular complexity index is 642. The summed E-state index contributed by atoms with van der Waals surface area (Å²) in [4.78, 5) is 7.50. The maximum absolute atomic E-state index is 11.9. The lowest BCUT2D eigenvalue weighted by atomic mass is 10.7. The number of nitrogens with zero attached hydrogens (tertiary/aromatic N) is 2. The van der Waals surface area contributed by atoms with E-state index in [0.29, 0.717) is 4.34 Å². The molecular formula is C8H5Cl2N3O2S2. The Morgan fingerprint density at radius 1 is 1.24 bits per heavy atom. The molecule has 2 rings (SSSR count). The van der Waals surface area contributed by atoms with Crippen LogP contribution in [-0.2, 0) is 10.0 Å². The number of nitrogens with one attached hydrogen (secondary N) is 1. The molecule has 0 radical (unpaired) electrons. The second-order valence-electron chi connectivity index (χ2n) is 2.89. The number of aromatic nitrogens is 2. The van der Waals surface area contributed by atoms with Crippen LogP contribution in [0.4, 0.5) is 5.82 Å². The van der Waals surface area contributed by atoms with Crippen LogP contribution in [0.2, 0.25) is 9.49 Å². The molecule has 17 heavy (non-hydrogen) atoms. The average Bonchev–Trinajstić information content (AvgIpc) is 2.65. The van der Waals surface area contributed by atoms with E-state index in [1.54, 1.807) is 0 Å². The summed E-state index contributed by atoms with van der Waals surface area (Å²) in [6, 6.07) is 2.91. The molecule has 0 spiro atoms. The fourth-order valence-electron chi connectivity index (χ4n) is 1.02. The third-order valence-electron chi connectivity index (χ3n) is 1.66. The largest absolute Gasteiger partial charge is 0.272 e. The lowest BCUT2D eigenvalue weighted by molar-refractivity contribution is 0.603. The molecular weight excluding hydrogens is 305 g/mol. The van der Waals surface area contributed by atoms with Crippen molar-refractivity contribution in [1.29, 1.82) is 0 Å². The minimum absolute atomic E-state index is 0.0574. The minimum Gasteiger partial charge on any atom is -0.261 e. The van der Waals surface area contributed by atoms with E-state index < -0.39 is 10.0 Å². The molecule has 0 unspecified atom stereocenters. The number of anilines is 1. The lowest BCUT2D eigenvalue weighted by Crippen LogP contribution is -2.12. The molecule has 0 saturated carbocycles. The maximum Gasteiger partial charge on any atom is 0.272 e. The Morgan fingerprint density at radius 2 is 2.00 bits per heavy atom. The van der Waals surface area contributed by atoms with Crippen LogP contribution in [0, 0.1) is 0 Å². The molecule has 1 N–H and O–H groups in total. The van der Waals surface area contributed by atoms with Gasteiger partial charge in [-0.25, -0.2) is 13.4 Å². The monoisotopic (exact) mass is 309 g/mol. The zero-order valence-electron chi connectivity index (χ0n) is 8.09. The van der Waals surface area contributed by atoms with E-state index in [2.05, 4.69) is 14.7 Å². The van der Waals surface area contributed by atoms with Crippen molar-refractivity contribution in [3.05, 3.63) is 34.0 Å². The first-order valence-corrected chi connectivity index (χ1v) is 7.29. The number of rotatable bonds is 3. The Hall–Kier alpha value is -0.890. The molecule has 0 amide bonds. The molecule has 0 bridgehead atoms. The van der Waals surface area contributed by atoms with Crippen LogP contribution >= 0.6 is 34.5 Å². The van der Waals surface area contributed by atoms with Gasteiger partial charge in [0.25, 0.3) is 10.0 Å². The van der Waals surface area contributed by atoms with Crippen LogP contribution in [0.3, 0.4) is 0 Å². The summed E-state index contributed by atoms with van der Waals surface area (Å²) in [5.74, 6) is 0.0574. The highest BCUT2D eigenvalue weighted by atomic mass is 35.5. The molecule has 2 aromatic rings. The Balaban J connectivity index is 2.29. The van der Waals surface area contributed by atoms with Gasteiger partial charge in [0.05, 0.1) is 16.7 Å². The third-order valence-corrected chi connectivity index (χ3v) is 4.92. The molecule has 0 fully saturated rings. The van der Waals surface area contributed by atoms with Gasteiger partial charge >= 0.3 is 0 Å². The number of halogens is 2. The van der Waals surface area contributed by atoms with Gasteiger partial charge in [0.2, 0.25) is 0 Å². The van der Waals surface area contributed by atoms with Gasteiger partial charge in [0.1, 0.15) is 9.36 Å². The predicted octanol–water partition coefficient (Wildman–Crippen LogP) is 2.65. The van der Waals surface area contributed by atoms with Crippen molar-refractivity contribution in [2.24, 2.45) is 0 Å². The van der Waals surface area contributed by atoms with E-state index in [1.165, 1.54) is 24.5 Å². The smallest absolute Gasteiger partial charge is 0.261 e. The predicted molar refractivity (Wildman–Crippen MR) is 67.2 cm³/mol. The molecule has 0 aromatic carbocycles. The van der Waals surface area contributed by atoms with Crippen molar-refractivity contribution in [2.75, 3.05) is 4.72 Å². The van der Waals surface area contributed by atoms with E-state index in [1.807, 2.05) is 0 Å². The van der Waals surface area contributed by atoms with E-state index in [9.17, 15) is 8.42 Å². The maximum atomic E-state index is 11.9. The van der Waals surface area contributed by atoms with Crippen molar-refractivity contribution in [1.82, 2.24) is 9.97 Å². The molecule has 0 aliphatic rings. The molecule has 0 aliphatic heterocycles. The topological polar surface area (TPSA) is 72.0 Å². The van der Waals surface area contributed by atoms with Crippen molar-refractivity contribution in [3.63, 3.8) is 0 Å². The molecule has 0 saturated heterocycles. The summed E-state index contributed by atoms with van der Waals surface area (Å²) in [7, 11) is -3.69. The molecule has 0 aliphatic carbocycles. The standard InChI is InChI=1S/C8H5Cl2N3O2S2/c9-5-3-11-4-7(12-5)13-17(14,15)8-2-1-6(10)16-8/h1-4H,(H,12,13). The van der Waals surface area contributed by atoms with Crippen molar-refractivity contribution in [3.8, 4) is 0 Å². The highest BCUT2D eigenvalue weighted by molar-refractivity contribution is 7.94. The second kappa shape index (κ2) is 4.77. The van der Waals surface area contributed by atoms with Crippen molar-refractivity contribution in [2.45, 2.75) is 4.21 Å². The zero-order chi connectivity index (χ0) is 12.5. The van der Waals surface area contributed by atoms with Gasteiger partial charge in [-0.05, 0) is 12.1 Å². The van der Waals surface area contributed by atoms with E-state index in [-0.39, 0.29) is 15.2 Å². The quantitative estimate of drug-likeness (QED) is 0.946. The van der Waals surface area contributed by atoms with Crippen molar-refractivity contribution < 1.29 is 8.42 Å². The third kappa shape index (κ3) is 3.06. The molecule has 2 aromatic heterocycles. The summed E-state index contributed by atoms with van der Waals surface area (Å²) < 4.78 is 26.5. The fourth-order valence-corrected chi connectivity index (χ4v) is 3.64. The minimum atomic E-state index is -3.69. The normalized spacial score (nSPS) is 11.4. The zero-order valence-corrected chi connectivity index (χ0v) is 11.2. The van der Waals surface area contributed by atoms with Gasteiger partial charge in [-0.3, -0.25) is 9.71 Å². The molecule has 5 nitrogen and oxygen atoms in total. The summed E-state index contributed by atoms with van der Waals surface area (Å²) in [6.07, 6.45) is 2.57. The van der Waals surface area contributed by atoms with Crippen LogP contribution in [0.25, 0.3) is 0 Å². The number of thiophene rings is 1. The first-order valence-electron chi connectivity index (χ1n) is 4.23. The van der Waals surface area contributed by atoms with Gasteiger partial charge < -0.3 is 0 Å². The van der Waals surface area contributed by atoms with Crippen LogP contribution in [-0.4, -0.2) is 18.4 Å². The molecule has 0 atom stereocenters. The van der Waals surface area contributed by atoms with Gasteiger partial charge in [-0.2, -0.15) is 0 Å². The van der Waals surface area contributed by atoms with E-state index in [0.717, 1.165) is 11.3 Å². The van der Waals surface area contributed by atoms with Crippen LogP contribution < -0.4 is 4.72 Å². The van der Waals surface area contributed by atoms with Gasteiger partial charge in [0, 0.05) is 0 Å². The average molecular weight is 310 g/mol. The highest BCUT2D eigenvalue weighted by Gasteiger charge is 2.17. The van der Waals surface area contributed by atoms with Gasteiger partial charge in [-0.15, -0.1) is 11.3 Å². The summed E-state index contributed by atoms with van der Waals surface area (Å²) in [5, 5.41) is 0.106. The summed E-state index contributed by atoms with van der Waals surface area (Å²) in [6.45, 7) is 0. The SMILES string of the molecule is O=S(=O)(Nc1cncc(Cl)n1)c1ccc(Cl)s1. The highest BCUT2D eigenvalue weighted by Crippen LogP contribution is 2.26. The van der Waals surface area contributed by atoms with Crippen LogP contribution in [0.5, 0.6) is 0 Å². The fraction of sp³-hybridized carbons (Fsp3) is 0. The molecule has 9 heteroatoms. The lowest BCUT2D eigenvalue weighted by Gasteiger charge is -2.04. The number of hydrogen-bond donors (Lipinski definition) is 1. The molecule has 2 heterocycles. The van der Waals surface area contributed by atoms with Crippen molar-refractivity contribution >= 4 is 50.4 Å². The van der Waals surface area contributed by atoms with Crippen LogP contribution in [0.1, 0.15) is 0 Å². The van der Waals surface area contributed by atoms with E-state index >= 15 is 0 Å². The van der Waals surface area contributed by atoms with E-state index in [4.69, 9.17) is 23.2 Å². The Labute approximate surface area is 111 Å². The molecule has 90 valence electrons. The Morgan fingerprint density at radius 3 is 2.59 bits per heavy atom. The first-order chi connectivity index (χ1) is 7.97. The van der Waals surface area contributed by atoms with Gasteiger partial charge in [0.15, 0.2) is 5.82 Å². The number of hydrogen-bond acceptors (Lipinski definition) is 5. The number of sulfonamides is 1. The Kier molecular flexibility index (Phi) is 3.53. The summed E-state index contributed by atoms with van der Waals surface area (Å²) in [5.41, 5.74) is 0. The van der Waals surface area contributed by atoms with Gasteiger partial charge in [-0.1, -0.05) is 23.2 Å².